The number of carbonyl (C=O) groups excluding carboxylic acids is 2. The van der Waals surface area contributed by atoms with Gasteiger partial charge >= 0.3 is 0 Å². The van der Waals surface area contributed by atoms with E-state index in [0.29, 0.717) is 44.2 Å². The summed E-state index contributed by atoms with van der Waals surface area (Å²) in [5, 5.41) is 0.380. The van der Waals surface area contributed by atoms with E-state index in [1.165, 1.54) is 11.1 Å². The lowest BCUT2D eigenvalue weighted by molar-refractivity contribution is -0.155. The van der Waals surface area contributed by atoms with Gasteiger partial charge in [0.2, 0.25) is 5.91 Å². The largest absolute Gasteiger partial charge is 0.490 e. The van der Waals surface area contributed by atoms with Crippen LogP contribution in [0.15, 0.2) is 48.6 Å². The first-order valence-electron chi connectivity index (χ1n) is 19.7. The second-order valence-electron chi connectivity index (χ2n) is 16.9. The number of carbonyl (C=O) groups is 2. The van der Waals surface area contributed by atoms with Gasteiger partial charge in [0.05, 0.1) is 34.7 Å². The summed E-state index contributed by atoms with van der Waals surface area (Å²) in [5.74, 6) is 5.02. The molecule has 2 bridgehead atoms. The second kappa shape index (κ2) is 14.8. The number of amides is 2. The standard InChI is InChI=1S/C42H55ClN4O6S/c1-28-7-5-16-42(51-3,26-45-17-18-47-34(22-45)23-52-24-39(47)48)36-12-9-32(36)21-46-25-41(15-6-8-30-19-33(43)11-13-35(30)41)27-53-38-14-10-31(20-37(38)46)40(49)44-54(4,50)29(28)2/h5,10-11,13-14,16,19-20,28-29,32,34,36H,4,6-9,12,15,17-18,21-27H2,1-3H3,(H,44,49,50)/b16-5+/t28-,29+,32-,34-,36+,41-,42+,54?/m0/s1. The number of anilines is 1. The van der Waals surface area contributed by atoms with Crippen molar-refractivity contribution in [3.63, 3.8) is 0 Å². The number of rotatable bonds is 3. The number of hydrogen-bond donors (Lipinski definition) is 1. The molecule has 2 amide bonds. The van der Waals surface area contributed by atoms with E-state index < -0.39 is 15.3 Å². The molecule has 2 aromatic carbocycles. The summed E-state index contributed by atoms with van der Waals surface area (Å²) in [6.45, 7) is 9.63. The van der Waals surface area contributed by atoms with E-state index in [9.17, 15) is 13.8 Å². The van der Waals surface area contributed by atoms with E-state index in [1.807, 2.05) is 37.1 Å². The Bertz CT molecular complexity index is 1920. The molecular formula is C42H55ClN4O6S. The maximum absolute atomic E-state index is 14.1. The zero-order valence-corrected chi connectivity index (χ0v) is 33.5. The molecule has 6 aliphatic rings. The molecular weight excluding hydrogens is 724 g/mol. The molecule has 1 saturated carbocycles. The van der Waals surface area contributed by atoms with Gasteiger partial charge in [-0.05, 0) is 111 Å². The Hall–Kier alpha value is -3.09. The predicted octanol–water partition coefficient (Wildman–Crippen LogP) is 5.11. The van der Waals surface area contributed by atoms with Crippen LogP contribution in [0.3, 0.4) is 0 Å². The molecule has 4 heterocycles. The van der Waals surface area contributed by atoms with Crippen LogP contribution in [0.4, 0.5) is 5.69 Å². The van der Waals surface area contributed by atoms with Gasteiger partial charge in [0, 0.05) is 67.6 Å². The molecule has 10 nitrogen and oxygen atoms in total. The average molecular weight is 779 g/mol. The summed E-state index contributed by atoms with van der Waals surface area (Å²) >= 11 is 6.52. The van der Waals surface area contributed by atoms with Crippen molar-refractivity contribution in [2.24, 2.45) is 17.8 Å². The Morgan fingerprint density at radius 3 is 2.76 bits per heavy atom. The molecule has 2 aliphatic carbocycles. The van der Waals surface area contributed by atoms with Gasteiger partial charge in [-0.2, -0.15) is 0 Å². The van der Waals surface area contributed by atoms with Crippen molar-refractivity contribution in [3.8, 4) is 5.75 Å². The van der Waals surface area contributed by atoms with Crippen molar-refractivity contribution in [1.82, 2.24) is 14.5 Å². The molecule has 1 N–H and O–H groups in total. The van der Waals surface area contributed by atoms with E-state index >= 15 is 0 Å². The molecule has 0 radical (unpaired) electrons. The van der Waals surface area contributed by atoms with Gasteiger partial charge in [0.15, 0.2) is 0 Å². The third-order valence-electron chi connectivity index (χ3n) is 13.6. The van der Waals surface area contributed by atoms with Crippen LogP contribution < -0.4 is 14.4 Å². The molecule has 12 heteroatoms. The van der Waals surface area contributed by atoms with Crippen LogP contribution in [0.1, 0.15) is 67.4 Å². The van der Waals surface area contributed by atoms with E-state index in [2.05, 4.69) is 51.6 Å². The minimum Gasteiger partial charge on any atom is -0.490 e. The summed E-state index contributed by atoms with van der Waals surface area (Å²) in [7, 11) is -1.15. The Kier molecular flexibility index (Phi) is 10.3. The number of hydrogen-bond acceptors (Lipinski definition) is 8. The zero-order chi connectivity index (χ0) is 37.8. The summed E-state index contributed by atoms with van der Waals surface area (Å²) in [6, 6.07) is 11.9. The van der Waals surface area contributed by atoms with Crippen LogP contribution in [-0.4, -0.2) is 115 Å². The molecule has 8 atom stereocenters. The first-order chi connectivity index (χ1) is 25.9. The molecule has 54 heavy (non-hydrogen) atoms. The number of allylic oxidation sites excluding steroid dienone is 1. The SMILES string of the molecule is C=S1(=O)NC(=O)c2ccc3c(c2)N(C[C@@H]2CC[C@H]2[C@@](CN2CCN4C(=O)COC[C@@H]4C2)(OC)/C=C/C[C@H](C)[C@H]1C)C[C@@]1(CCCc2cc(Cl)ccc21)CO3. The smallest absolute Gasteiger partial charge is 0.262 e. The predicted molar refractivity (Wildman–Crippen MR) is 214 cm³/mol. The lowest BCUT2D eigenvalue weighted by Crippen LogP contribution is -2.63. The average Bonchev–Trinajstić information content (AvgIpc) is 3.29. The van der Waals surface area contributed by atoms with E-state index in [-0.39, 0.29) is 47.0 Å². The van der Waals surface area contributed by atoms with E-state index in [0.717, 1.165) is 74.7 Å². The minimum absolute atomic E-state index is 0.0134. The first kappa shape index (κ1) is 37.8. The lowest BCUT2D eigenvalue weighted by atomic mass is 9.63. The van der Waals surface area contributed by atoms with E-state index in [4.69, 9.17) is 25.8 Å². The number of benzene rings is 2. The van der Waals surface area contributed by atoms with Crippen molar-refractivity contribution < 1.29 is 28.0 Å². The van der Waals surface area contributed by atoms with Crippen molar-refractivity contribution in [3.05, 3.63) is 70.3 Å². The molecule has 2 aromatic rings. The Balaban J connectivity index is 1.18. The Morgan fingerprint density at radius 1 is 1.11 bits per heavy atom. The zero-order valence-electron chi connectivity index (χ0n) is 31.9. The molecule has 3 fully saturated rings. The van der Waals surface area contributed by atoms with Crippen molar-refractivity contribution in [2.45, 2.75) is 74.7 Å². The van der Waals surface area contributed by atoms with Crippen LogP contribution in [0.2, 0.25) is 5.02 Å². The van der Waals surface area contributed by atoms with Crippen LogP contribution >= 0.6 is 11.6 Å². The Morgan fingerprint density at radius 2 is 1.96 bits per heavy atom. The molecule has 1 unspecified atom stereocenters. The molecule has 292 valence electrons. The third-order valence-corrected chi connectivity index (χ3v) is 16.1. The number of nitrogens with zero attached hydrogens (tertiary/aromatic N) is 3. The number of nitrogens with one attached hydrogen (secondary N) is 1. The fourth-order valence-corrected chi connectivity index (χ4v) is 11.8. The van der Waals surface area contributed by atoms with Crippen LogP contribution in [-0.2, 0) is 35.8 Å². The Labute approximate surface area is 325 Å². The van der Waals surface area contributed by atoms with Gasteiger partial charge in [0.1, 0.15) is 18.0 Å². The molecule has 1 spiro atoms. The lowest BCUT2D eigenvalue weighted by Gasteiger charge is -2.53. The van der Waals surface area contributed by atoms with Gasteiger partial charge in [-0.25, -0.2) is 4.21 Å². The second-order valence-corrected chi connectivity index (χ2v) is 19.7. The molecule has 8 rings (SSSR count). The highest BCUT2D eigenvalue weighted by molar-refractivity contribution is 7.99. The van der Waals surface area contributed by atoms with Crippen LogP contribution in [0, 0.1) is 17.8 Å². The van der Waals surface area contributed by atoms with Crippen molar-refractivity contribution in [2.75, 3.05) is 71.1 Å². The molecule has 4 aliphatic heterocycles. The van der Waals surface area contributed by atoms with Crippen molar-refractivity contribution in [1.29, 1.82) is 0 Å². The summed E-state index contributed by atoms with van der Waals surface area (Å²) < 4.78 is 36.0. The number of piperazine rings is 1. The topological polar surface area (TPSA) is 101 Å². The number of aryl methyl sites for hydroxylation is 1. The normalized spacial score (nSPS) is 36.5. The fourth-order valence-electron chi connectivity index (χ4n) is 10.2. The molecule has 2 saturated heterocycles. The highest BCUT2D eigenvalue weighted by atomic mass is 35.5. The monoisotopic (exact) mass is 778 g/mol. The molecule has 0 aromatic heterocycles. The first-order valence-corrected chi connectivity index (χ1v) is 21.9. The van der Waals surface area contributed by atoms with Crippen molar-refractivity contribution >= 4 is 44.7 Å². The van der Waals surface area contributed by atoms with Gasteiger partial charge in [-0.1, -0.05) is 36.7 Å². The number of ether oxygens (including phenoxy) is 3. The maximum Gasteiger partial charge on any atom is 0.262 e. The maximum atomic E-state index is 14.1. The van der Waals surface area contributed by atoms with Gasteiger partial charge in [-0.3, -0.25) is 19.2 Å². The number of fused-ring (bicyclic) bond motifs is 5. The summed E-state index contributed by atoms with van der Waals surface area (Å²) in [5.41, 5.74) is 3.06. The summed E-state index contributed by atoms with van der Waals surface area (Å²) in [6.07, 6.45) is 10.2. The highest BCUT2D eigenvalue weighted by Crippen LogP contribution is 2.49. The van der Waals surface area contributed by atoms with Gasteiger partial charge in [0.25, 0.3) is 5.91 Å². The van der Waals surface area contributed by atoms with Crippen LogP contribution in [0.25, 0.3) is 0 Å². The van der Waals surface area contributed by atoms with Gasteiger partial charge in [-0.15, -0.1) is 0 Å². The van der Waals surface area contributed by atoms with Crippen LogP contribution in [0.5, 0.6) is 5.75 Å². The minimum atomic E-state index is -2.99. The number of morpholine rings is 1. The number of methoxy groups -OCH3 is 1. The summed E-state index contributed by atoms with van der Waals surface area (Å²) in [4.78, 5) is 33.4. The third kappa shape index (κ3) is 6.97. The van der Waals surface area contributed by atoms with E-state index in [1.54, 1.807) is 6.07 Å². The highest BCUT2D eigenvalue weighted by Gasteiger charge is 2.50. The quantitative estimate of drug-likeness (QED) is 0.339. The number of halogens is 1. The fraction of sp³-hybridized carbons (Fsp3) is 0.595. The van der Waals surface area contributed by atoms with Gasteiger partial charge < -0.3 is 24.0 Å².